The van der Waals surface area contributed by atoms with Gasteiger partial charge in [0.15, 0.2) is 0 Å². The number of hydrogen-bond acceptors (Lipinski definition) is 2. The maximum atomic E-state index is 14.4. The van der Waals surface area contributed by atoms with E-state index < -0.39 is 0 Å². The van der Waals surface area contributed by atoms with Gasteiger partial charge in [0.2, 0.25) is 0 Å². The fourth-order valence-corrected chi connectivity index (χ4v) is 4.10. The van der Waals surface area contributed by atoms with Crippen LogP contribution < -0.4 is 0 Å². The molecule has 0 bridgehead atoms. The minimum atomic E-state index is -0.186. The number of rotatable bonds is 8. The minimum absolute atomic E-state index is 0.186. The maximum absolute atomic E-state index is 14.4. The van der Waals surface area contributed by atoms with Crippen molar-refractivity contribution < 1.29 is 13.9 Å². The lowest BCUT2D eigenvalue weighted by molar-refractivity contribution is 0.185. The number of methoxy groups -OCH3 is 2. The molecule has 3 rings (SSSR count). The zero-order valence-corrected chi connectivity index (χ0v) is 19.2. The average Bonchev–Trinajstić information content (AvgIpc) is 2.75. The molecule has 0 aromatic heterocycles. The van der Waals surface area contributed by atoms with Crippen LogP contribution >= 0.6 is 18.5 Å². The third kappa shape index (κ3) is 5.11. The van der Waals surface area contributed by atoms with Gasteiger partial charge in [0.25, 0.3) is 0 Å². The summed E-state index contributed by atoms with van der Waals surface area (Å²) in [6.45, 7) is 1.01. The Hall–Kier alpha value is -1.63. The van der Waals surface area contributed by atoms with Gasteiger partial charge in [-0.2, -0.15) is 0 Å². The monoisotopic (exact) mass is 428 g/mol. The third-order valence-corrected chi connectivity index (χ3v) is 5.92. The second-order valence-electron chi connectivity index (χ2n) is 6.94. The molecule has 29 heavy (non-hydrogen) atoms. The molecule has 0 saturated heterocycles. The van der Waals surface area contributed by atoms with E-state index in [4.69, 9.17) is 9.47 Å². The normalized spacial score (nSPS) is 11.1. The summed E-state index contributed by atoms with van der Waals surface area (Å²) in [5.41, 5.74) is 8.21. The first-order valence-electron chi connectivity index (χ1n) is 9.53. The SMILES string of the molecule is COCc1cc(CP)ccc1-c1ccc(-c2cc(F)c(CP)cc2COC)cc1. The largest absolute Gasteiger partial charge is 0.380 e. The third-order valence-electron chi connectivity index (χ3n) is 5.00. The van der Waals surface area contributed by atoms with Crippen molar-refractivity contribution in [2.75, 3.05) is 14.2 Å². The fourth-order valence-electron chi connectivity index (χ4n) is 3.53. The van der Waals surface area contributed by atoms with E-state index in [0.717, 1.165) is 39.5 Å². The first kappa shape index (κ1) is 22.1. The van der Waals surface area contributed by atoms with Crippen molar-refractivity contribution in [1.82, 2.24) is 0 Å². The molecule has 2 nitrogen and oxygen atoms in total. The van der Waals surface area contributed by atoms with Crippen LogP contribution in [0, 0.1) is 5.82 Å². The van der Waals surface area contributed by atoms with Gasteiger partial charge >= 0.3 is 0 Å². The molecule has 0 aliphatic carbocycles. The highest BCUT2D eigenvalue weighted by Crippen LogP contribution is 2.32. The summed E-state index contributed by atoms with van der Waals surface area (Å²) in [6.07, 6.45) is 1.49. The number of ether oxygens (including phenoxy) is 2. The highest BCUT2D eigenvalue weighted by molar-refractivity contribution is 7.15. The Labute approximate surface area is 177 Å². The van der Waals surface area contributed by atoms with Crippen LogP contribution in [0.4, 0.5) is 4.39 Å². The first-order chi connectivity index (χ1) is 14.1. The summed E-state index contributed by atoms with van der Waals surface area (Å²) in [4.78, 5) is 0. The second-order valence-corrected chi connectivity index (χ2v) is 7.76. The van der Waals surface area contributed by atoms with Crippen LogP contribution in [0.1, 0.15) is 22.3 Å². The van der Waals surface area contributed by atoms with E-state index in [2.05, 4.69) is 48.8 Å². The molecule has 2 unspecified atom stereocenters. The van der Waals surface area contributed by atoms with Gasteiger partial charge in [-0.15, -0.1) is 18.5 Å². The predicted octanol–water partition coefficient (Wildman–Crippen LogP) is 6.20. The van der Waals surface area contributed by atoms with Gasteiger partial charge in [0.05, 0.1) is 13.2 Å². The van der Waals surface area contributed by atoms with E-state index in [1.54, 1.807) is 20.3 Å². The summed E-state index contributed by atoms with van der Waals surface area (Å²) >= 11 is 0. The van der Waals surface area contributed by atoms with Gasteiger partial charge in [-0.1, -0.05) is 42.5 Å². The highest BCUT2D eigenvalue weighted by Gasteiger charge is 2.12. The van der Waals surface area contributed by atoms with Gasteiger partial charge < -0.3 is 9.47 Å². The average molecular weight is 428 g/mol. The van der Waals surface area contributed by atoms with Gasteiger partial charge in [-0.25, -0.2) is 4.39 Å². The molecule has 0 N–H and O–H groups in total. The van der Waals surface area contributed by atoms with Crippen LogP contribution in [-0.4, -0.2) is 14.2 Å². The lowest BCUT2D eigenvalue weighted by Crippen LogP contribution is -1.98. The second kappa shape index (κ2) is 10.4. The van der Waals surface area contributed by atoms with E-state index in [-0.39, 0.29) is 5.82 Å². The molecule has 0 heterocycles. The topological polar surface area (TPSA) is 18.5 Å². The van der Waals surface area contributed by atoms with Crippen molar-refractivity contribution in [1.29, 1.82) is 0 Å². The molecular formula is C24H27FO2P2. The summed E-state index contributed by atoms with van der Waals surface area (Å²) < 4.78 is 25.2. The quantitative estimate of drug-likeness (QED) is 0.398. The van der Waals surface area contributed by atoms with Crippen molar-refractivity contribution in [2.45, 2.75) is 25.5 Å². The molecule has 152 valence electrons. The Morgan fingerprint density at radius 2 is 1.28 bits per heavy atom. The van der Waals surface area contributed by atoms with Crippen molar-refractivity contribution in [3.63, 3.8) is 0 Å². The first-order valence-corrected chi connectivity index (χ1v) is 11.2. The summed E-state index contributed by atoms with van der Waals surface area (Å²) in [5.74, 6) is -0.186. The van der Waals surface area contributed by atoms with E-state index in [1.165, 1.54) is 5.56 Å². The van der Waals surface area contributed by atoms with E-state index >= 15 is 0 Å². The lowest BCUT2D eigenvalue weighted by Gasteiger charge is -2.14. The Morgan fingerprint density at radius 1 is 0.690 bits per heavy atom. The number of benzene rings is 3. The highest BCUT2D eigenvalue weighted by atomic mass is 31.0. The zero-order valence-electron chi connectivity index (χ0n) is 16.9. The number of hydrogen-bond donors (Lipinski definition) is 0. The standard InChI is InChI=1S/C24H27FO2P2/c1-26-12-19-9-16(14-28)3-8-22(19)17-4-6-18(7-5-17)23-11-24(25)21(15-29)10-20(23)13-27-2/h3-11H,12-15,28-29H2,1-2H3. The molecule has 3 aromatic rings. The van der Waals surface area contributed by atoms with Crippen molar-refractivity contribution in [3.8, 4) is 22.3 Å². The fraction of sp³-hybridized carbons (Fsp3) is 0.250. The molecule has 0 saturated carbocycles. The summed E-state index contributed by atoms with van der Waals surface area (Å²) in [5, 5.41) is 0. The molecule has 0 radical (unpaired) electrons. The molecule has 0 spiro atoms. The van der Waals surface area contributed by atoms with Gasteiger partial charge in [0.1, 0.15) is 5.82 Å². The molecule has 0 fully saturated rings. The van der Waals surface area contributed by atoms with Crippen molar-refractivity contribution >= 4 is 18.5 Å². The Morgan fingerprint density at radius 3 is 1.83 bits per heavy atom. The molecular weight excluding hydrogens is 401 g/mol. The molecule has 0 aliphatic heterocycles. The summed E-state index contributed by atoms with van der Waals surface area (Å²) in [7, 11) is 8.71. The smallest absolute Gasteiger partial charge is 0.127 e. The Balaban J connectivity index is 2.00. The van der Waals surface area contributed by atoms with E-state index in [0.29, 0.717) is 24.9 Å². The van der Waals surface area contributed by atoms with Crippen LogP contribution in [0.25, 0.3) is 22.3 Å². The van der Waals surface area contributed by atoms with Crippen LogP contribution in [0.15, 0.2) is 54.6 Å². The van der Waals surface area contributed by atoms with Gasteiger partial charge in [-0.05, 0) is 69.0 Å². The molecule has 3 aromatic carbocycles. The van der Waals surface area contributed by atoms with Gasteiger partial charge in [-0.3, -0.25) is 0 Å². The van der Waals surface area contributed by atoms with Crippen LogP contribution in [0.3, 0.4) is 0 Å². The van der Waals surface area contributed by atoms with E-state index in [9.17, 15) is 4.39 Å². The van der Waals surface area contributed by atoms with Crippen LogP contribution in [0.5, 0.6) is 0 Å². The van der Waals surface area contributed by atoms with Gasteiger partial charge in [0, 0.05) is 14.2 Å². The Bertz CT molecular complexity index is 971. The van der Waals surface area contributed by atoms with Crippen molar-refractivity contribution in [3.05, 3.63) is 82.7 Å². The van der Waals surface area contributed by atoms with Crippen LogP contribution in [-0.2, 0) is 35.0 Å². The zero-order chi connectivity index (χ0) is 20.8. The van der Waals surface area contributed by atoms with Crippen LogP contribution in [0.2, 0.25) is 0 Å². The van der Waals surface area contributed by atoms with Crippen molar-refractivity contribution in [2.24, 2.45) is 0 Å². The molecule has 2 atom stereocenters. The molecule has 0 amide bonds. The predicted molar refractivity (Wildman–Crippen MR) is 126 cm³/mol. The minimum Gasteiger partial charge on any atom is -0.380 e. The van der Waals surface area contributed by atoms with E-state index in [1.807, 2.05) is 18.2 Å². The Kier molecular flexibility index (Phi) is 7.92. The molecule has 0 aliphatic rings. The molecule has 5 heteroatoms. The maximum Gasteiger partial charge on any atom is 0.127 e. The lowest BCUT2D eigenvalue weighted by atomic mass is 9.94. The number of halogens is 1. The summed E-state index contributed by atoms with van der Waals surface area (Å²) in [6, 6.07) is 18.3.